The van der Waals surface area contributed by atoms with Gasteiger partial charge in [0.05, 0.1) is 0 Å². The summed E-state index contributed by atoms with van der Waals surface area (Å²) in [4.78, 5) is 5.18. The Labute approximate surface area is 426 Å². The Morgan fingerprint density at radius 3 is 1.30 bits per heavy atom. The molecule has 0 radical (unpaired) electrons. The van der Waals surface area contributed by atoms with Gasteiger partial charge in [-0.2, -0.15) is 0 Å². The molecule has 0 saturated heterocycles. The van der Waals surface area contributed by atoms with Crippen LogP contribution in [0.25, 0.3) is 62.6 Å². The van der Waals surface area contributed by atoms with Gasteiger partial charge in [0.15, 0.2) is 0 Å². The maximum absolute atomic E-state index is 2.60. The molecule has 0 atom stereocenters. The fourth-order valence-electron chi connectivity index (χ4n) is 11.5. The Balaban J connectivity index is 1.04. The minimum absolute atomic E-state index is 0.0235. The molecule has 11 aromatic rings. The molecule has 9 aromatic carbocycles. The van der Waals surface area contributed by atoms with Crippen molar-refractivity contribution in [1.29, 1.82) is 0 Å². The van der Waals surface area contributed by atoms with Gasteiger partial charge in [0, 0.05) is 74.5 Å². The van der Waals surface area contributed by atoms with Crippen LogP contribution in [0.4, 0.5) is 34.1 Å². The molecule has 13 rings (SSSR count). The first-order chi connectivity index (χ1) is 34.1. The van der Waals surface area contributed by atoms with Crippen LogP contribution in [-0.4, -0.2) is 6.71 Å². The molecule has 0 N–H and O–H groups in total. The number of rotatable bonds is 4. The summed E-state index contributed by atoms with van der Waals surface area (Å²) in [6.45, 7) is 21.2. The number of nitrogens with zero attached hydrogens (tertiary/aromatic N) is 2. The Hall–Kier alpha value is -6.92. The van der Waals surface area contributed by atoms with Gasteiger partial charge in [0.1, 0.15) is 0 Å². The maximum Gasteiger partial charge on any atom is 0.252 e. The lowest BCUT2D eigenvalue weighted by Gasteiger charge is -2.45. The molecular weight excluding hydrogens is 896 g/mol. The van der Waals surface area contributed by atoms with Crippen LogP contribution in [0, 0.1) is 0 Å². The normalized spacial score (nSPS) is 13.6. The molecule has 0 unspecified atom stereocenters. The lowest BCUT2D eigenvalue weighted by molar-refractivity contribution is 0.589. The van der Waals surface area contributed by atoms with Gasteiger partial charge in [0.25, 0.3) is 6.71 Å². The summed E-state index contributed by atoms with van der Waals surface area (Å²) in [5.41, 5.74) is 20.2. The zero-order valence-electron chi connectivity index (χ0n) is 42.1. The lowest BCUT2D eigenvalue weighted by atomic mass is 9.33. The second-order valence-electron chi connectivity index (χ2n) is 23.0. The lowest BCUT2D eigenvalue weighted by Crippen LogP contribution is -2.61. The van der Waals surface area contributed by atoms with Gasteiger partial charge < -0.3 is 9.80 Å². The topological polar surface area (TPSA) is 6.48 Å². The van der Waals surface area contributed by atoms with Gasteiger partial charge in [-0.15, -0.1) is 22.7 Å². The Morgan fingerprint density at radius 1 is 0.352 bits per heavy atom. The second kappa shape index (κ2) is 15.8. The molecule has 0 aliphatic carbocycles. The Kier molecular flexibility index (Phi) is 9.80. The summed E-state index contributed by atoms with van der Waals surface area (Å²) in [6.07, 6.45) is 0. The van der Waals surface area contributed by atoms with Crippen molar-refractivity contribution < 1.29 is 0 Å². The predicted molar refractivity (Wildman–Crippen MR) is 313 cm³/mol. The molecule has 71 heavy (non-hydrogen) atoms. The fraction of sp³-hybridized carbons (Fsp3) is 0.182. The Morgan fingerprint density at radius 2 is 0.789 bits per heavy atom. The molecule has 4 heterocycles. The van der Waals surface area contributed by atoms with Gasteiger partial charge in [-0.25, -0.2) is 0 Å². The van der Waals surface area contributed by atoms with E-state index in [-0.39, 0.29) is 23.0 Å². The van der Waals surface area contributed by atoms with Crippen LogP contribution in [0.2, 0.25) is 0 Å². The first-order valence-electron chi connectivity index (χ1n) is 25.2. The van der Waals surface area contributed by atoms with E-state index < -0.39 is 0 Å². The molecule has 0 bridgehead atoms. The number of anilines is 6. The molecule has 5 heteroatoms. The van der Waals surface area contributed by atoms with Gasteiger partial charge in [-0.05, 0) is 144 Å². The number of hydrogen-bond donors (Lipinski definition) is 0. The number of benzene rings is 9. The van der Waals surface area contributed by atoms with Gasteiger partial charge in [0.2, 0.25) is 0 Å². The molecule has 0 amide bonds. The monoisotopic (exact) mass is 952 g/mol. The van der Waals surface area contributed by atoms with Crippen molar-refractivity contribution in [1.82, 2.24) is 0 Å². The zero-order valence-corrected chi connectivity index (χ0v) is 43.7. The highest BCUT2D eigenvalue weighted by molar-refractivity contribution is 7.26. The van der Waals surface area contributed by atoms with Crippen molar-refractivity contribution in [2.24, 2.45) is 0 Å². The average Bonchev–Trinajstić information content (AvgIpc) is 3.94. The van der Waals surface area contributed by atoms with Gasteiger partial charge in [-0.1, -0.05) is 172 Å². The van der Waals surface area contributed by atoms with Crippen LogP contribution in [0.1, 0.15) is 79.0 Å². The maximum atomic E-state index is 2.60. The summed E-state index contributed by atoms with van der Waals surface area (Å²) in [6, 6.07) is 69.8. The molecule has 0 fully saturated rings. The minimum atomic E-state index is -0.125. The van der Waals surface area contributed by atoms with Crippen molar-refractivity contribution in [3.05, 3.63) is 199 Å². The molecule has 346 valence electrons. The van der Waals surface area contributed by atoms with Crippen molar-refractivity contribution in [2.75, 3.05) is 9.80 Å². The van der Waals surface area contributed by atoms with Crippen LogP contribution in [-0.2, 0) is 16.2 Å². The molecule has 2 aromatic heterocycles. The van der Waals surface area contributed by atoms with E-state index in [4.69, 9.17) is 0 Å². The SMILES string of the molecule is CC(C)(C)c1ccc2c(c1)B1c3ccc(C(C)(C)C)cc3N(c3ccc(-c4cccc5sc6ccccc6c45)cc3)c3cc(C(C)(C)C)cc(c31)N2c1ccc(-c2cccc3sc4ccccc4c23)cc1. The largest absolute Gasteiger partial charge is 0.311 e. The summed E-state index contributed by atoms with van der Waals surface area (Å²) < 4.78 is 5.31. The van der Waals surface area contributed by atoms with Crippen molar-refractivity contribution in [3.63, 3.8) is 0 Å². The third-order valence-electron chi connectivity index (χ3n) is 15.3. The molecule has 2 nitrogen and oxygen atoms in total. The summed E-state index contributed by atoms with van der Waals surface area (Å²) >= 11 is 3.76. The second-order valence-corrected chi connectivity index (χ2v) is 25.1. The third-order valence-corrected chi connectivity index (χ3v) is 17.6. The minimum Gasteiger partial charge on any atom is -0.311 e. The molecular formula is C66H57BN2S2. The van der Waals surface area contributed by atoms with Crippen LogP contribution in [0.15, 0.2) is 182 Å². The highest BCUT2D eigenvalue weighted by Gasteiger charge is 2.45. The molecule has 0 spiro atoms. The molecule has 2 aliphatic heterocycles. The van der Waals surface area contributed by atoms with Crippen molar-refractivity contribution in [2.45, 2.75) is 78.6 Å². The third kappa shape index (κ3) is 7.02. The highest BCUT2D eigenvalue weighted by atomic mass is 32.1. The van der Waals surface area contributed by atoms with Crippen molar-refractivity contribution in [3.8, 4) is 22.3 Å². The average molecular weight is 953 g/mol. The fourth-order valence-corrected chi connectivity index (χ4v) is 13.8. The summed E-state index contributed by atoms with van der Waals surface area (Å²) in [7, 11) is 0. The van der Waals surface area contributed by atoms with Crippen LogP contribution in [0.5, 0.6) is 0 Å². The van der Waals surface area contributed by atoms with E-state index in [0.29, 0.717) is 0 Å². The van der Waals surface area contributed by atoms with E-state index in [1.165, 1.54) is 118 Å². The number of fused-ring (bicyclic) bond motifs is 10. The molecule has 0 saturated carbocycles. The van der Waals surface area contributed by atoms with E-state index >= 15 is 0 Å². The van der Waals surface area contributed by atoms with E-state index in [2.05, 4.69) is 254 Å². The van der Waals surface area contributed by atoms with Crippen LogP contribution in [0.3, 0.4) is 0 Å². The first kappa shape index (κ1) is 44.1. The van der Waals surface area contributed by atoms with Crippen molar-refractivity contribution >= 4 is 120 Å². The Bertz CT molecular complexity index is 3950. The number of thiophene rings is 2. The van der Waals surface area contributed by atoms with E-state index in [1.54, 1.807) is 0 Å². The highest BCUT2D eigenvalue weighted by Crippen LogP contribution is 2.49. The van der Waals surface area contributed by atoms with E-state index in [0.717, 1.165) is 11.4 Å². The summed E-state index contributed by atoms with van der Waals surface area (Å²) in [5.74, 6) is 0. The smallest absolute Gasteiger partial charge is 0.252 e. The number of hydrogen-bond acceptors (Lipinski definition) is 4. The van der Waals surface area contributed by atoms with Crippen LogP contribution >= 0.6 is 22.7 Å². The van der Waals surface area contributed by atoms with E-state index in [9.17, 15) is 0 Å². The van der Waals surface area contributed by atoms with Gasteiger partial charge in [-0.3, -0.25) is 0 Å². The van der Waals surface area contributed by atoms with Gasteiger partial charge >= 0.3 is 0 Å². The van der Waals surface area contributed by atoms with E-state index in [1.807, 2.05) is 22.7 Å². The standard InChI is InChI=1S/C66H57BN2S2/c1-64(2,3)42-29-35-53-52(36-42)67-51-34-28-43(65(4,5)6)37-54(51)69(46-32-26-41(27-33-46)48-19-15-23-60-62(48)50-17-11-13-21-58(50)71-60)56-39-44(66(7,8)9)38-55(63(56)67)68(53)45-30-24-40(25-31-45)47-18-14-22-59-61(47)49-16-10-12-20-57(49)70-59/h10-39H,1-9H3. The zero-order chi connectivity index (χ0) is 48.7. The quantitative estimate of drug-likeness (QED) is 0.162. The molecule has 2 aliphatic rings. The predicted octanol–water partition coefficient (Wildman–Crippen LogP) is 17.7. The van der Waals surface area contributed by atoms with Crippen LogP contribution < -0.4 is 26.2 Å². The first-order valence-corrected chi connectivity index (χ1v) is 26.8. The summed E-state index contributed by atoms with van der Waals surface area (Å²) in [5, 5.41) is 5.33.